The summed E-state index contributed by atoms with van der Waals surface area (Å²) in [7, 11) is -9.27. The lowest BCUT2D eigenvalue weighted by atomic mass is 9.93. The number of nitrogens with zero attached hydrogens (tertiary/aromatic N) is 3. The van der Waals surface area contributed by atoms with Crippen LogP contribution in [-0.4, -0.2) is 93.9 Å². The molecule has 0 atom stereocenters. The third-order valence-corrected chi connectivity index (χ3v) is 10.6. The molecule has 2 aliphatic rings. The third kappa shape index (κ3) is 7.22. The summed E-state index contributed by atoms with van der Waals surface area (Å²) in [5.74, 6) is 0.489. The van der Waals surface area contributed by atoms with Gasteiger partial charge in [-0.05, 0) is 58.0 Å². The van der Waals surface area contributed by atoms with Crippen LogP contribution in [0.3, 0.4) is 0 Å². The van der Waals surface area contributed by atoms with Crippen LogP contribution in [0, 0.1) is 0 Å². The first-order chi connectivity index (χ1) is 20.9. The monoisotopic (exact) mass is 663 g/mol. The van der Waals surface area contributed by atoms with Crippen LogP contribution < -0.4 is 14.8 Å². The minimum Gasteiger partial charge on any atom is -0.870 e. The average Bonchev–Trinajstić information content (AvgIpc) is 3.00. The molecular formula is C31H41N3O9S2. The summed E-state index contributed by atoms with van der Waals surface area (Å²) in [5, 5.41) is 20.3. The van der Waals surface area contributed by atoms with Gasteiger partial charge in [-0.3, -0.25) is 4.55 Å². The average molecular weight is 664 g/mol. The predicted molar refractivity (Wildman–Crippen MR) is 173 cm³/mol. The normalized spacial score (nSPS) is 12.1. The van der Waals surface area contributed by atoms with E-state index in [1.807, 2.05) is 64.1 Å². The number of fused-ring (bicyclic) bond motifs is 2. The maximum atomic E-state index is 13.4. The fourth-order valence-corrected chi connectivity index (χ4v) is 7.78. The predicted octanol–water partition coefficient (Wildman–Crippen LogP) is 2.91. The van der Waals surface area contributed by atoms with Crippen LogP contribution in [0.4, 0.5) is 5.69 Å². The molecule has 0 amide bonds. The standard InChI is InChI=1S/C31H39N3O8S2.H2O/c1-5-32(6-2)22-9-12-25-28(19-22)42-29-20-23(33(7-3)8-4)10-13-26(29)31(25)27-14-11-24(21-30(27)44(39,40)41)43(37,38)34(15-17-35)16-18-36;/h9-14,19-21,35-36H,5-8,15-18H2,1-4H3;1H2. The molecule has 0 spiro atoms. The molecule has 1 heterocycles. The highest BCUT2D eigenvalue weighted by molar-refractivity contribution is 7.89. The zero-order valence-corrected chi connectivity index (χ0v) is 27.5. The van der Waals surface area contributed by atoms with Crippen LogP contribution in [0.2, 0.25) is 0 Å². The Morgan fingerprint density at radius 2 is 1.42 bits per heavy atom. The number of hydrogen-bond donors (Lipinski definition) is 3. The highest BCUT2D eigenvalue weighted by atomic mass is 32.2. The number of aliphatic hydroxyl groups excluding tert-OH is 2. The lowest BCUT2D eigenvalue weighted by molar-refractivity contribution is 0.217. The van der Waals surface area contributed by atoms with Gasteiger partial charge in [-0.2, -0.15) is 12.7 Å². The number of hydrogen-bond acceptors (Lipinski definition) is 9. The van der Waals surface area contributed by atoms with Crippen molar-refractivity contribution < 1.29 is 41.5 Å². The van der Waals surface area contributed by atoms with Gasteiger partial charge in [-0.25, -0.2) is 13.0 Å². The Labute approximate surface area is 263 Å². The van der Waals surface area contributed by atoms with E-state index in [0.717, 1.165) is 47.6 Å². The fraction of sp³-hybridized carbons (Fsp3) is 0.387. The van der Waals surface area contributed by atoms with Gasteiger partial charge in [0.15, 0.2) is 0 Å². The van der Waals surface area contributed by atoms with Crippen molar-refractivity contribution >= 4 is 36.8 Å². The Kier molecular flexibility index (Phi) is 11.9. The zero-order chi connectivity index (χ0) is 32.2. The molecule has 45 heavy (non-hydrogen) atoms. The third-order valence-electron chi connectivity index (χ3n) is 7.78. The highest BCUT2D eigenvalue weighted by Gasteiger charge is 2.29. The number of aliphatic hydroxyl groups is 2. The van der Waals surface area contributed by atoms with Crippen molar-refractivity contribution in [3.63, 3.8) is 0 Å². The van der Waals surface area contributed by atoms with Crippen LogP contribution in [-0.2, 0) is 20.1 Å². The first-order valence-electron chi connectivity index (χ1n) is 14.6. The van der Waals surface area contributed by atoms with E-state index in [-0.39, 0.29) is 24.1 Å². The number of benzene rings is 3. The molecule has 0 radical (unpaired) electrons. The minimum atomic E-state index is -4.94. The van der Waals surface area contributed by atoms with E-state index in [1.54, 1.807) is 0 Å². The van der Waals surface area contributed by atoms with E-state index in [0.29, 0.717) is 27.9 Å². The molecule has 12 nitrogen and oxygen atoms in total. The second-order valence-corrected chi connectivity index (χ2v) is 13.5. The molecule has 0 saturated carbocycles. The summed E-state index contributed by atoms with van der Waals surface area (Å²) >= 11 is 0. The Morgan fingerprint density at radius 1 is 0.800 bits per heavy atom. The second kappa shape index (κ2) is 14.8. The topological polar surface area (TPSA) is 182 Å². The summed E-state index contributed by atoms with van der Waals surface area (Å²) in [5.41, 5.74) is 2.54. The van der Waals surface area contributed by atoms with Crippen LogP contribution >= 0.6 is 0 Å². The molecule has 4 N–H and O–H groups in total. The van der Waals surface area contributed by atoms with E-state index in [2.05, 4.69) is 9.48 Å². The lowest BCUT2D eigenvalue weighted by Crippen LogP contribution is -2.36. The second-order valence-electron chi connectivity index (χ2n) is 10.2. The number of sulfonamides is 1. The molecule has 4 rings (SSSR count). The zero-order valence-electron chi connectivity index (χ0n) is 25.8. The molecule has 14 heteroatoms. The summed E-state index contributed by atoms with van der Waals surface area (Å²) in [6.07, 6.45) is 0. The molecule has 0 fully saturated rings. The Bertz CT molecular complexity index is 1890. The van der Waals surface area contributed by atoms with Crippen molar-refractivity contribution in [3.05, 3.63) is 60.0 Å². The van der Waals surface area contributed by atoms with Gasteiger partial charge < -0.3 is 25.0 Å². The van der Waals surface area contributed by atoms with Crippen molar-refractivity contribution in [1.82, 2.24) is 8.88 Å². The van der Waals surface area contributed by atoms with Gasteiger partial charge >= 0.3 is 0 Å². The fourth-order valence-electron chi connectivity index (χ4n) is 5.54. The maximum absolute atomic E-state index is 13.4. The van der Waals surface area contributed by atoms with E-state index in [1.165, 1.54) is 12.1 Å². The van der Waals surface area contributed by atoms with Crippen molar-refractivity contribution in [3.8, 4) is 22.5 Å². The summed E-state index contributed by atoms with van der Waals surface area (Å²) in [6, 6.07) is 14.8. The Morgan fingerprint density at radius 3 is 1.98 bits per heavy atom. The van der Waals surface area contributed by atoms with E-state index in [4.69, 9.17) is 4.42 Å². The van der Waals surface area contributed by atoms with Gasteiger partial charge in [0.2, 0.25) is 15.4 Å². The van der Waals surface area contributed by atoms with Gasteiger partial charge in [-0.15, -0.1) is 0 Å². The lowest BCUT2D eigenvalue weighted by Gasteiger charge is -2.23. The first kappa shape index (κ1) is 36.1. The van der Waals surface area contributed by atoms with Crippen LogP contribution in [0.5, 0.6) is 0 Å². The number of rotatable bonds is 13. The molecule has 1 aliphatic heterocycles. The van der Waals surface area contributed by atoms with Gasteiger partial charge in [0.05, 0.1) is 24.2 Å². The van der Waals surface area contributed by atoms with Crippen molar-refractivity contribution in [2.45, 2.75) is 37.5 Å². The number of anilines is 1. The highest BCUT2D eigenvalue weighted by Crippen LogP contribution is 2.43. The molecule has 0 aromatic heterocycles. The smallest absolute Gasteiger partial charge is 0.295 e. The SMILES string of the molecule is CCN(CC)c1ccc2c(-c3ccc(S(=O)(=O)N(CCO)CCO)cc3S(=O)(=O)O)c3ccc(=[N+](CC)CC)cc-3oc2c1.[OH-]. The molecule has 0 saturated heterocycles. The molecule has 0 unspecified atom stereocenters. The van der Waals surface area contributed by atoms with Crippen molar-refractivity contribution in [1.29, 1.82) is 0 Å². The van der Waals surface area contributed by atoms with Crippen LogP contribution in [0.25, 0.3) is 33.4 Å². The molecule has 2 aromatic rings. The maximum Gasteiger partial charge on any atom is 0.295 e. The molecule has 1 aliphatic carbocycles. The molecule has 2 aromatic carbocycles. The minimum absolute atomic E-state index is 0. The first-order valence-corrected chi connectivity index (χ1v) is 17.5. The largest absolute Gasteiger partial charge is 0.870 e. The quantitative estimate of drug-likeness (QED) is 0.109. The van der Waals surface area contributed by atoms with Gasteiger partial charge in [-0.1, -0.05) is 6.07 Å². The summed E-state index contributed by atoms with van der Waals surface area (Å²) in [4.78, 5) is 1.15. The van der Waals surface area contributed by atoms with Gasteiger partial charge in [0.25, 0.3) is 10.1 Å². The Hall–Kier alpha value is -3.37. The van der Waals surface area contributed by atoms with Crippen molar-refractivity contribution in [2.24, 2.45) is 0 Å². The van der Waals surface area contributed by atoms with E-state index < -0.39 is 43.1 Å². The summed E-state index contributed by atoms with van der Waals surface area (Å²) in [6.45, 7) is 9.64. The van der Waals surface area contributed by atoms with Crippen LogP contribution in [0.15, 0.2) is 68.8 Å². The van der Waals surface area contributed by atoms with E-state index >= 15 is 0 Å². The van der Waals surface area contributed by atoms with Gasteiger partial charge in [0.1, 0.15) is 29.3 Å². The Balaban J connectivity index is 0.00000552. The molecule has 246 valence electrons. The van der Waals surface area contributed by atoms with E-state index in [9.17, 15) is 31.6 Å². The van der Waals surface area contributed by atoms with Crippen molar-refractivity contribution in [2.75, 3.05) is 57.4 Å². The van der Waals surface area contributed by atoms with Crippen LogP contribution in [0.1, 0.15) is 27.7 Å². The van der Waals surface area contributed by atoms with Gasteiger partial charge in [0, 0.05) is 66.1 Å². The summed E-state index contributed by atoms with van der Waals surface area (Å²) < 4.78 is 72.4. The molecular weight excluding hydrogens is 622 g/mol. The molecule has 0 bridgehead atoms.